The molecule has 3 heteroatoms. The lowest BCUT2D eigenvalue weighted by molar-refractivity contribution is 0.475. The minimum absolute atomic E-state index is 0.284. The van der Waals surface area contributed by atoms with Crippen molar-refractivity contribution in [3.8, 4) is 5.75 Å². The predicted molar refractivity (Wildman–Crippen MR) is 45.4 cm³/mol. The van der Waals surface area contributed by atoms with Crippen LogP contribution in [0.1, 0.15) is 6.92 Å². The molecular weight excluding hydrogens is 140 g/mol. The van der Waals surface area contributed by atoms with Crippen LogP contribution >= 0.6 is 0 Å². The van der Waals surface area contributed by atoms with Crippen LogP contribution in [0.3, 0.4) is 0 Å². The Hall–Kier alpha value is -1.22. The Morgan fingerprint density at radius 3 is 2.45 bits per heavy atom. The number of benzene rings is 1. The third kappa shape index (κ3) is 2.47. The van der Waals surface area contributed by atoms with Crippen LogP contribution in [0, 0.1) is 0 Å². The summed E-state index contributed by atoms with van der Waals surface area (Å²) in [4.78, 5) is 0. The first-order valence-corrected chi connectivity index (χ1v) is 3.61. The molecule has 0 saturated carbocycles. The standard InChI is InChI=1S/C8H12N2O/c1-2-9-10-7-3-5-8(11)6-4-7/h3-6,9-11H,2H2,1H3. The van der Waals surface area contributed by atoms with E-state index in [1.54, 1.807) is 24.3 Å². The summed E-state index contributed by atoms with van der Waals surface area (Å²) in [7, 11) is 0. The van der Waals surface area contributed by atoms with Gasteiger partial charge in [-0.3, -0.25) is 0 Å². The van der Waals surface area contributed by atoms with Gasteiger partial charge in [-0.1, -0.05) is 6.92 Å². The molecule has 3 nitrogen and oxygen atoms in total. The molecular formula is C8H12N2O. The third-order valence-corrected chi connectivity index (χ3v) is 1.28. The highest BCUT2D eigenvalue weighted by atomic mass is 16.3. The molecule has 0 aliphatic rings. The molecule has 0 radical (unpaired) electrons. The normalized spacial score (nSPS) is 9.55. The van der Waals surface area contributed by atoms with Crippen molar-refractivity contribution in [2.45, 2.75) is 6.92 Å². The first kappa shape index (κ1) is 7.88. The molecule has 0 saturated heterocycles. The molecule has 0 unspecified atom stereocenters. The predicted octanol–water partition coefficient (Wildman–Crippen LogP) is 1.33. The molecule has 0 bridgehead atoms. The van der Waals surface area contributed by atoms with Gasteiger partial charge in [0, 0.05) is 12.2 Å². The first-order chi connectivity index (χ1) is 5.33. The van der Waals surface area contributed by atoms with E-state index < -0.39 is 0 Å². The fourth-order valence-corrected chi connectivity index (χ4v) is 0.735. The zero-order chi connectivity index (χ0) is 8.10. The van der Waals surface area contributed by atoms with E-state index in [4.69, 9.17) is 5.11 Å². The van der Waals surface area contributed by atoms with Crippen molar-refractivity contribution < 1.29 is 5.11 Å². The number of hydrazine groups is 1. The van der Waals surface area contributed by atoms with Gasteiger partial charge in [-0.05, 0) is 24.3 Å². The van der Waals surface area contributed by atoms with Crippen molar-refractivity contribution >= 4 is 5.69 Å². The molecule has 0 atom stereocenters. The summed E-state index contributed by atoms with van der Waals surface area (Å²) in [5.41, 5.74) is 6.86. The highest BCUT2D eigenvalue weighted by Crippen LogP contribution is 2.12. The maximum absolute atomic E-state index is 8.93. The summed E-state index contributed by atoms with van der Waals surface area (Å²) in [5.74, 6) is 0.284. The average molecular weight is 152 g/mol. The minimum atomic E-state index is 0.284. The minimum Gasteiger partial charge on any atom is -0.508 e. The van der Waals surface area contributed by atoms with Gasteiger partial charge in [0.15, 0.2) is 0 Å². The molecule has 60 valence electrons. The Balaban J connectivity index is 2.52. The highest BCUT2D eigenvalue weighted by molar-refractivity contribution is 5.44. The summed E-state index contributed by atoms with van der Waals surface area (Å²) in [6.45, 7) is 2.87. The topological polar surface area (TPSA) is 44.3 Å². The Morgan fingerprint density at radius 2 is 1.91 bits per heavy atom. The van der Waals surface area contributed by atoms with Crippen LogP contribution < -0.4 is 10.9 Å². The average Bonchev–Trinajstić information content (AvgIpc) is 2.04. The monoisotopic (exact) mass is 152 g/mol. The fraction of sp³-hybridized carbons (Fsp3) is 0.250. The van der Waals surface area contributed by atoms with Crippen molar-refractivity contribution in [2.24, 2.45) is 0 Å². The number of aromatic hydroxyl groups is 1. The molecule has 0 aromatic heterocycles. The van der Waals surface area contributed by atoms with Crippen molar-refractivity contribution in [1.29, 1.82) is 0 Å². The molecule has 0 heterocycles. The van der Waals surface area contributed by atoms with Gasteiger partial charge < -0.3 is 10.5 Å². The van der Waals surface area contributed by atoms with E-state index in [1.165, 1.54) is 0 Å². The van der Waals surface area contributed by atoms with E-state index in [9.17, 15) is 0 Å². The number of anilines is 1. The smallest absolute Gasteiger partial charge is 0.115 e. The second kappa shape index (κ2) is 3.83. The zero-order valence-corrected chi connectivity index (χ0v) is 6.46. The number of hydrogen-bond donors (Lipinski definition) is 3. The molecule has 0 fully saturated rings. The Bertz CT molecular complexity index is 208. The summed E-state index contributed by atoms with van der Waals surface area (Å²) in [5, 5.41) is 8.93. The van der Waals surface area contributed by atoms with Crippen LogP contribution in [-0.2, 0) is 0 Å². The van der Waals surface area contributed by atoms with Gasteiger partial charge in [0.1, 0.15) is 5.75 Å². The Labute approximate surface area is 66.0 Å². The third-order valence-electron chi connectivity index (χ3n) is 1.28. The van der Waals surface area contributed by atoms with E-state index in [-0.39, 0.29) is 5.75 Å². The molecule has 1 aromatic carbocycles. The molecule has 1 aromatic rings. The lowest BCUT2D eigenvalue weighted by Crippen LogP contribution is -2.20. The number of nitrogens with one attached hydrogen (secondary N) is 2. The molecule has 11 heavy (non-hydrogen) atoms. The Morgan fingerprint density at radius 1 is 1.27 bits per heavy atom. The van der Waals surface area contributed by atoms with Crippen molar-refractivity contribution in [3.05, 3.63) is 24.3 Å². The summed E-state index contributed by atoms with van der Waals surface area (Å²) >= 11 is 0. The van der Waals surface area contributed by atoms with Crippen LogP contribution in [0.25, 0.3) is 0 Å². The quantitative estimate of drug-likeness (QED) is 0.452. The molecule has 0 spiro atoms. The van der Waals surface area contributed by atoms with Crippen LogP contribution in [0.4, 0.5) is 5.69 Å². The van der Waals surface area contributed by atoms with Gasteiger partial charge in [-0.2, -0.15) is 0 Å². The second-order valence-corrected chi connectivity index (χ2v) is 2.20. The van der Waals surface area contributed by atoms with Gasteiger partial charge >= 0.3 is 0 Å². The van der Waals surface area contributed by atoms with Gasteiger partial charge in [0.25, 0.3) is 0 Å². The van der Waals surface area contributed by atoms with Crippen LogP contribution in [0.15, 0.2) is 24.3 Å². The van der Waals surface area contributed by atoms with Crippen LogP contribution in [0.5, 0.6) is 5.75 Å². The van der Waals surface area contributed by atoms with Gasteiger partial charge in [-0.25, -0.2) is 5.43 Å². The maximum Gasteiger partial charge on any atom is 0.115 e. The van der Waals surface area contributed by atoms with E-state index >= 15 is 0 Å². The largest absolute Gasteiger partial charge is 0.508 e. The van der Waals surface area contributed by atoms with Crippen molar-refractivity contribution in [3.63, 3.8) is 0 Å². The summed E-state index contributed by atoms with van der Waals surface area (Å²) < 4.78 is 0. The molecule has 0 aliphatic carbocycles. The van der Waals surface area contributed by atoms with Crippen molar-refractivity contribution in [2.75, 3.05) is 12.0 Å². The number of phenols is 1. The number of rotatable bonds is 3. The SMILES string of the molecule is CCNNc1ccc(O)cc1. The van der Waals surface area contributed by atoms with Gasteiger partial charge in [0.2, 0.25) is 0 Å². The molecule has 3 N–H and O–H groups in total. The van der Waals surface area contributed by atoms with E-state index in [0.717, 1.165) is 12.2 Å². The molecule has 0 amide bonds. The van der Waals surface area contributed by atoms with Gasteiger partial charge in [0.05, 0.1) is 0 Å². The fourth-order valence-electron chi connectivity index (χ4n) is 0.735. The lowest BCUT2D eigenvalue weighted by Gasteiger charge is -2.04. The highest BCUT2D eigenvalue weighted by Gasteiger charge is 1.88. The maximum atomic E-state index is 8.93. The lowest BCUT2D eigenvalue weighted by atomic mass is 10.3. The van der Waals surface area contributed by atoms with E-state index in [2.05, 4.69) is 10.9 Å². The van der Waals surface area contributed by atoms with E-state index in [1.807, 2.05) is 6.92 Å². The first-order valence-electron chi connectivity index (χ1n) is 3.61. The molecule has 1 rings (SSSR count). The zero-order valence-electron chi connectivity index (χ0n) is 6.46. The second-order valence-electron chi connectivity index (χ2n) is 2.20. The van der Waals surface area contributed by atoms with Crippen molar-refractivity contribution in [1.82, 2.24) is 5.43 Å². The molecule has 0 aliphatic heterocycles. The van der Waals surface area contributed by atoms with E-state index in [0.29, 0.717) is 0 Å². The Kier molecular flexibility index (Phi) is 2.74. The number of hydrogen-bond acceptors (Lipinski definition) is 3. The van der Waals surface area contributed by atoms with Gasteiger partial charge in [-0.15, -0.1) is 0 Å². The number of phenolic OH excluding ortho intramolecular Hbond substituents is 1. The van der Waals surface area contributed by atoms with Crippen LogP contribution in [0.2, 0.25) is 0 Å². The summed E-state index contributed by atoms with van der Waals surface area (Å²) in [6, 6.07) is 6.88. The van der Waals surface area contributed by atoms with Crippen LogP contribution in [-0.4, -0.2) is 11.7 Å². The summed E-state index contributed by atoms with van der Waals surface area (Å²) in [6.07, 6.45) is 0.